The van der Waals surface area contributed by atoms with Crippen LogP contribution in [-0.2, 0) is 9.59 Å². The first-order valence-electron chi connectivity index (χ1n) is 8.33. The van der Waals surface area contributed by atoms with Crippen molar-refractivity contribution in [2.45, 2.75) is 5.92 Å². The van der Waals surface area contributed by atoms with Gasteiger partial charge in [0.25, 0.3) is 0 Å². The molecule has 7 heteroatoms. The van der Waals surface area contributed by atoms with Crippen molar-refractivity contribution in [2.75, 3.05) is 5.32 Å². The molecular weight excluding hydrogens is 399 g/mol. The number of carbonyl (C=O) groups is 2. The first-order chi connectivity index (χ1) is 13.5. The van der Waals surface area contributed by atoms with Crippen LogP contribution in [0.2, 0.25) is 10.0 Å². The molecule has 0 aliphatic heterocycles. The molecule has 1 amide bonds. The van der Waals surface area contributed by atoms with Crippen LogP contribution in [0.1, 0.15) is 11.5 Å². The standard InChI is InChI=1S/C21H16Cl2N2O3/c22-15-10-6-11-16(23)19(15)25-17-12-5-4-9-14(17)18(20(24)26)21(27)28-13-7-2-1-3-8-13/h1-12,18,25H,(H2,24,26). The number of nitrogens with two attached hydrogens (primary N) is 1. The van der Waals surface area contributed by atoms with Crippen molar-refractivity contribution in [3.05, 3.63) is 88.4 Å². The summed E-state index contributed by atoms with van der Waals surface area (Å²) in [5.74, 6) is -2.61. The van der Waals surface area contributed by atoms with E-state index >= 15 is 0 Å². The average Bonchev–Trinajstić information content (AvgIpc) is 2.66. The second-order valence-corrected chi connectivity index (χ2v) is 6.69. The monoisotopic (exact) mass is 414 g/mol. The highest BCUT2D eigenvalue weighted by Crippen LogP contribution is 2.35. The summed E-state index contributed by atoms with van der Waals surface area (Å²) in [5, 5.41) is 3.87. The van der Waals surface area contributed by atoms with Crippen molar-refractivity contribution in [2.24, 2.45) is 5.73 Å². The molecule has 0 saturated heterocycles. The summed E-state index contributed by atoms with van der Waals surface area (Å²) < 4.78 is 5.33. The zero-order valence-corrected chi connectivity index (χ0v) is 16.1. The number of para-hydroxylation sites is 3. The van der Waals surface area contributed by atoms with Gasteiger partial charge >= 0.3 is 5.97 Å². The van der Waals surface area contributed by atoms with E-state index in [2.05, 4.69) is 5.32 Å². The first kappa shape index (κ1) is 19.7. The number of amides is 1. The van der Waals surface area contributed by atoms with Crippen molar-refractivity contribution < 1.29 is 14.3 Å². The molecular formula is C21H16Cl2N2O3. The van der Waals surface area contributed by atoms with Crippen LogP contribution in [0.4, 0.5) is 11.4 Å². The molecule has 3 aromatic rings. The number of hydrogen-bond donors (Lipinski definition) is 2. The molecule has 1 atom stereocenters. The van der Waals surface area contributed by atoms with E-state index in [1.807, 2.05) is 0 Å². The predicted molar refractivity (Wildman–Crippen MR) is 110 cm³/mol. The number of benzene rings is 3. The van der Waals surface area contributed by atoms with Crippen LogP contribution in [0.15, 0.2) is 72.8 Å². The molecule has 0 spiro atoms. The number of primary amides is 1. The van der Waals surface area contributed by atoms with Gasteiger partial charge in [0.05, 0.1) is 15.7 Å². The Kier molecular flexibility index (Phi) is 6.19. The Morgan fingerprint density at radius 2 is 1.46 bits per heavy atom. The lowest BCUT2D eigenvalue weighted by atomic mass is 9.96. The van der Waals surface area contributed by atoms with Crippen molar-refractivity contribution in [3.8, 4) is 5.75 Å². The maximum atomic E-state index is 12.7. The van der Waals surface area contributed by atoms with Gasteiger partial charge in [-0.05, 0) is 35.9 Å². The highest BCUT2D eigenvalue weighted by atomic mass is 35.5. The summed E-state index contributed by atoms with van der Waals surface area (Å²) in [6.45, 7) is 0. The third kappa shape index (κ3) is 4.44. The molecule has 1 unspecified atom stereocenters. The lowest BCUT2D eigenvalue weighted by molar-refractivity contribution is -0.140. The average molecular weight is 415 g/mol. The second kappa shape index (κ2) is 8.78. The maximum Gasteiger partial charge on any atom is 0.328 e. The zero-order chi connectivity index (χ0) is 20.1. The molecule has 0 bridgehead atoms. The third-order valence-electron chi connectivity index (χ3n) is 3.98. The van der Waals surface area contributed by atoms with Gasteiger partial charge in [-0.2, -0.15) is 0 Å². The van der Waals surface area contributed by atoms with Gasteiger partial charge in [-0.15, -0.1) is 0 Å². The number of carbonyl (C=O) groups excluding carboxylic acids is 2. The van der Waals surface area contributed by atoms with E-state index < -0.39 is 17.8 Å². The van der Waals surface area contributed by atoms with Gasteiger partial charge in [0, 0.05) is 5.69 Å². The normalized spacial score (nSPS) is 11.5. The van der Waals surface area contributed by atoms with Gasteiger partial charge in [0.15, 0.2) is 5.92 Å². The minimum absolute atomic E-state index is 0.318. The molecule has 0 aliphatic carbocycles. The molecule has 0 radical (unpaired) electrons. The van der Waals surface area contributed by atoms with Crippen molar-refractivity contribution in [3.63, 3.8) is 0 Å². The van der Waals surface area contributed by atoms with E-state index in [1.165, 1.54) is 0 Å². The van der Waals surface area contributed by atoms with E-state index in [-0.39, 0.29) is 0 Å². The lowest BCUT2D eigenvalue weighted by Crippen LogP contribution is -2.31. The molecule has 142 valence electrons. The van der Waals surface area contributed by atoms with Crippen molar-refractivity contribution in [1.29, 1.82) is 0 Å². The van der Waals surface area contributed by atoms with Gasteiger partial charge in [0.1, 0.15) is 5.75 Å². The van der Waals surface area contributed by atoms with Crippen LogP contribution in [0.5, 0.6) is 5.75 Å². The van der Waals surface area contributed by atoms with Crippen LogP contribution in [-0.4, -0.2) is 11.9 Å². The smallest absolute Gasteiger partial charge is 0.328 e. The predicted octanol–water partition coefficient (Wildman–Crippen LogP) is 4.91. The Balaban J connectivity index is 1.96. The second-order valence-electron chi connectivity index (χ2n) is 5.88. The molecule has 0 fully saturated rings. The summed E-state index contributed by atoms with van der Waals surface area (Å²) in [5.41, 5.74) is 6.80. The van der Waals surface area contributed by atoms with Crippen molar-refractivity contribution in [1.82, 2.24) is 0 Å². The number of halogens is 2. The Morgan fingerprint density at radius 1 is 0.857 bits per heavy atom. The summed E-state index contributed by atoms with van der Waals surface area (Å²) in [6.07, 6.45) is 0. The van der Waals surface area contributed by atoms with Crippen LogP contribution < -0.4 is 15.8 Å². The van der Waals surface area contributed by atoms with E-state index in [0.717, 1.165) is 0 Å². The molecule has 0 saturated carbocycles. The highest BCUT2D eigenvalue weighted by Gasteiger charge is 2.31. The van der Waals surface area contributed by atoms with Gasteiger partial charge in [-0.3, -0.25) is 9.59 Å². The molecule has 3 N–H and O–H groups in total. The molecule has 0 aromatic heterocycles. The SMILES string of the molecule is NC(=O)C(C(=O)Oc1ccccc1)c1ccccc1Nc1c(Cl)cccc1Cl. The number of anilines is 2. The van der Waals surface area contributed by atoms with E-state index in [1.54, 1.807) is 72.8 Å². The number of nitrogens with one attached hydrogen (secondary N) is 1. The van der Waals surface area contributed by atoms with E-state index in [0.29, 0.717) is 32.7 Å². The minimum Gasteiger partial charge on any atom is -0.426 e. The third-order valence-corrected chi connectivity index (χ3v) is 4.61. The number of ether oxygens (including phenoxy) is 1. The Bertz CT molecular complexity index is 989. The Hall–Kier alpha value is -3.02. The first-order valence-corrected chi connectivity index (χ1v) is 9.09. The number of rotatable bonds is 6. The van der Waals surface area contributed by atoms with Crippen LogP contribution in [0, 0.1) is 0 Å². The summed E-state index contributed by atoms with van der Waals surface area (Å²) in [7, 11) is 0. The van der Waals surface area contributed by atoms with Gasteiger partial charge in [-0.1, -0.05) is 65.7 Å². The van der Waals surface area contributed by atoms with Crippen LogP contribution in [0.25, 0.3) is 0 Å². The fraction of sp³-hybridized carbons (Fsp3) is 0.0476. The minimum atomic E-state index is -1.31. The fourth-order valence-corrected chi connectivity index (χ4v) is 3.17. The molecule has 3 aromatic carbocycles. The molecule has 28 heavy (non-hydrogen) atoms. The van der Waals surface area contributed by atoms with E-state index in [9.17, 15) is 9.59 Å². The zero-order valence-electron chi connectivity index (χ0n) is 14.6. The highest BCUT2D eigenvalue weighted by molar-refractivity contribution is 6.39. The molecule has 0 aliphatic rings. The fourth-order valence-electron chi connectivity index (χ4n) is 2.67. The Labute approximate surface area is 172 Å². The Morgan fingerprint density at radius 3 is 2.11 bits per heavy atom. The molecule has 3 rings (SSSR count). The lowest BCUT2D eigenvalue weighted by Gasteiger charge is -2.19. The van der Waals surface area contributed by atoms with Gasteiger partial charge in [-0.25, -0.2) is 0 Å². The van der Waals surface area contributed by atoms with E-state index in [4.69, 9.17) is 33.7 Å². The van der Waals surface area contributed by atoms with Gasteiger partial charge in [0.2, 0.25) is 5.91 Å². The summed E-state index contributed by atoms with van der Waals surface area (Å²) in [4.78, 5) is 24.8. The summed E-state index contributed by atoms with van der Waals surface area (Å²) in [6, 6.07) is 20.3. The van der Waals surface area contributed by atoms with Crippen molar-refractivity contribution >= 4 is 46.5 Å². The van der Waals surface area contributed by atoms with Crippen LogP contribution >= 0.6 is 23.2 Å². The number of esters is 1. The molecule has 5 nitrogen and oxygen atoms in total. The van der Waals surface area contributed by atoms with Gasteiger partial charge < -0.3 is 15.8 Å². The summed E-state index contributed by atoms with van der Waals surface area (Å²) >= 11 is 12.4. The molecule has 0 heterocycles. The quantitative estimate of drug-likeness (QED) is 0.341. The largest absolute Gasteiger partial charge is 0.426 e. The topological polar surface area (TPSA) is 81.4 Å². The number of hydrogen-bond acceptors (Lipinski definition) is 4. The van der Waals surface area contributed by atoms with Crippen LogP contribution in [0.3, 0.4) is 0 Å². The maximum absolute atomic E-state index is 12.7.